The zero-order chi connectivity index (χ0) is 19.4. The van der Waals surface area contributed by atoms with Crippen LogP contribution in [0.1, 0.15) is 35.5 Å². The molecular formula is C19H26N4O3S. The highest BCUT2D eigenvalue weighted by Crippen LogP contribution is 2.26. The number of likely N-dealkylation sites (N-methyl/N-ethyl adjacent to an activating group) is 1. The molecular weight excluding hydrogens is 364 g/mol. The van der Waals surface area contributed by atoms with Crippen molar-refractivity contribution in [1.82, 2.24) is 14.3 Å². The molecule has 0 fully saturated rings. The average Bonchev–Trinajstić information content (AvgIpc) is 2.66. The number of rotatable bonds is 7. The quantitative estimate of drug-likeness (QED) is 0.750. The first-order chi connectivity index (χ1) is 12.9. The summed E-state index contributed by atoms with van der Waals surface area (Å²) in [5.41, 5.74) is 2.91. The molecule has 1 heterocycles. The standard InChI is InChI=1S/C19H26N4O3S/c1-14-21-17-9-5-4-8-16(17)19(22-14)20-13-15-7-3-6-10-18(15)27(25,26)23(2)11-12-24/h3,6-7,10,24H,4-5,8-9,11-13H2,1-2H3,(H,20,21,22). The molecule has 0 atom stereocenters. The molecule has 0 bridgehead atoms. The average molecular weight is 391 g/mol. The Balaban J connectivity index is 1.87. The Hall–Kier alpha value is -2.03. The molecule has 0 saturated carbocycles. The highest BCUT2D eigenvalue weighted by atomic mass is 32.2. The summed E-state index contributed by atoms with van der Waals surface area (Å²) in [6.07, 6.45) is 4.16. The molecule has 2 aromatic rings. The van der Waals surface area contributed by atoms with Gasteiger partial charge in [-0.1, -0.05) is 18.2 Å². The lowest BCUT2D eigenvalue weighted by Crippen LogP contribution is -2.30. The number of aryl methyl sites for hydroxylation is 2. The number of nitrogens with one attached hydrogen (secondary N) is 1. The molecule has 1 aromatic carbocycles. The Bertz CT molecular complexity index is 915. The van der Waals surface area contributed by atoms with Crippen LogP contribution in [0.5, 0.6) is 0 Å². The van der Waals surface area contributed by atoms with E-state index in [1.54, 1.807) is 18.2 Å². The molecule has 1 aliphatic carbocycles. The van der Waals surface area contributed by atoms with Crippen LogP contribution in [0.3, 0.4) is 0 Å². The van der Waals surface area contributed by atoms with Gasteiger partial charge >= 0.3 is 0 Å². The zero-order valence-electron chi connectivity index (χ0n) is 15.8. The van der Waals surface area contributed by atoms with Gasteiger partial charge in [0.1, 0.15) is 11.6 Å². The first-order valence-electron chi connectivity index (χ1n) is 9.19. The number of aliphatic hydroxyl groups excluding tert-OH is 1. The fourth-order valence-corrected chi connectivity index (χ4v) is 4.75. The third-order valence-corrected chi connectivity index (χ3v) is 6.77. The van der Waals surface area contributed by atoms with Crippen LogP contribution in [0.15, 0.2) is 29.2 Å². The minimum absolute atomic E-state index is 0.0582. The Morgan fingerprint density at radius 1 is 1.19 bits per heavy atom. The van der Waals surface area contributed by atoms with Gasteiger partial charge in [0, 0.05) is 31.4 Å². The number of hydrogen-bond donors (Lipinski definition) is 2. The van der Waals surface area contributed by atoms with Gasteiger partial charge in [-0.3, -0.25) is 0 Å². The maximum atomic E-state index is 12.8. The summed E-state index contributed by atoms with van der Waals surface area (Å²) in [6.45, 7) is 2.07. The van der Waals surface area contributed by atoms with E-state index in [0.717, 1.165) is 48.6 Å². The molecule has 0 spiro atoms. The van der Waals surface area contributed by atoms with Gasteiger partial charge in [0.15, 0.2) is 0 Å². The number of aliphatic hydroxyl groups is 1. The minimum atomic E-state index is -3.66. The molecule has 0 aliphatic heterocycles. The topological polar surface area (TPSA) is 95.4 Å². The van der Waals surface area contributed by atoms with Crippen molar-refractivity contribution in [3.8, 4) is 0 Å². The Labute approximate surface area is 160 Å². The predicted molar refractivity (Wildman–Crippen MR) is 104 cm³/mol. The molecule has 146 valence electrons. The molecule has 0 unspecified atom stereocenters. The molecule has 1 aromatic heterocycles. The van der Waals surface area contributed by atoms with E-state index in [9.17, 15) is 8.42 Å². The first kappa shape index (κ1) is 19.7. The van der Waals surface area contributed by atoms with Gasteiger partial charge in [0.05, 0.1) is 11.5 Å². The van der Waals surface area contributed by atoms with Crippen molar-refractivity contribution >= 4 is 15.8 Å². The van der Waals surface area contributed by atoms with Crippen LogP contribution in [0, 0.1) is 6.92 Å². The highest BCUT2D eigenvalue weighted by molar-refractivity contribution is 7.89. The van der Waals surface area contributed by atoms with Gasteiger partial charge in [-0.05, 0) is 44.2 Å². The molecule has 0 saturated heterocycles. The lowest BCUT2D eigenvalue weighted by atomic mass is 9.96. The summed E-state index contributed by atoms with van der Waals surface area (Å²) in [7, 11) is -2.19. The molecule has 8 heteroatoms. The lowest BCUT2D eigenvalue weighted by Gasteiger charge is -2.21. The van der Waals surface area contributed by atoms with Gasteiger partial charge in [0.25, 0.3) is 0 Å². The first-order valence-corrected chi connectivity index (χ1v) is 10.6. The van der Waals surface area contributed by atoms with Crippen LogP contribution in [-0.2, 0) is 29.4 Å². The van der Waals surface area contributed by atoms with Crippen molar-refractivity contribution in [3.63, 3.8) is 0 Å². The molecule has 0 amide bonds. The summed E-state index contributed by atoms with van der Waals surface area (Å²) in [5.74, 6) is 1.52. The van der Waals surface area contributed by atoms with Gasteiger partial charge in [-0.25, -0.2) is 18.4 Å². The SMILES string of the molecule is Cc1nc2c(c(NCc3ccccc3S(=O)(=O)N(C)CCO)n1)CCCC2. The van der Waals surface area contributed by atoms with Crippen molar-refractivity contribution in [2.45, 2.75) is 44.0 Å². The van der Waals surface area contributed by atoms with Crippen LogP contribution in [0.25, 0.3) is 0 Å². The molecule has 27 heavy (non-hydrogen) atoms. The summed E-state index contributed by atoms with van der Waals surface area (Å²) >= 11 is 0. The molecule has 3 rings (SSSR count). The minimum Gasteiger partial charge on any atom is -0.395 e. The van der Waals surface area contributed by atoms with E-state index in [1.807, 2.05) is 13.0 Å². The Morgan fingerprint density at radius 3 is 2.70 bits per heavy atom. The fraction of sp³-hybridized carbons (Fsp3) is 0.474. The Kier molecular flexibility index (Phi) is 6.08. The van der Waals surface area contributed by atoms with Gasteiger partial charge in [-0.15, -0.1) is 0 Å². The van der Waals surface area contributed by atoms with E-state index >= 15 is 0 Å². The third-order valence-electron chi connectivity index (χ3n) is 4.82. The van der Waals surface area contributed by atoms with Crippen LogP contribution in [0.4, 0.5) is 5.82 Å². The normalized spacial score (nSPS) is 14.2. The highest BCUT2D eigenvalue weighted by Gasteiger charge is 2.23. The lowest BCUT2D eigenvalue weighted by molar-refractivity contribution is 0.266. The number of hydrogen-bond acceptors (Lipinski definition) is 6. The van der Waals surface area contributed by atoms with Gasteiger partial charge in [-0.2, -0.15) is 4.31 Å². The van der Waals surface area contributed by atoms with E-state index in [4.69, 9.17) is 5.11 Å². The smallest absolute Gasteiger partial charge is 0.243 e. The number of benzene rings is 1. The van der Waals surface area contributed by atoms with Crippen molar-refractivity contribution in [3.05, 3.63) is 46.9 Å². The largest absolute Gasteiger partial charge is 0.395 e. The van der Waals surface area contributed by atoms with Crippen molar-refractivity contribution < 1.29 is 13.5 Å². The summed E-state index contributed by atoms with van der Waals surface area (Å²) in [5, 5.41) is 12.4. The Morgan fingerprint density at radius 2 is 1.93 bits per heavy atom. The number of aromatic nitrogens is 2. The fourth-order valence-electron chi connectivity index (χ4n) is 3.37. The maximum Gasteiger partial charge on any atom is 0.243 e. The molecule has 0 radical (unpaired) electrons. The zero-order valence-corrected chi connectivity index (χ0v) is 16.6. The van der Waals surface area contributed by atoms with E-state index < -0.39 is 10.0 Å². The van der Waals surface area contributed by atoms with Crippen LogP contribution in [0.2, 0.25) is 0 Å². The number of anilines is 1. The summed E-state index contributed by atoms with van der Waals surface area (Å²) in [4.78, 5) is 9.34. The van der Waals surface area contributed by atoms with E-state index in [2.05, 4.69) is 15.3 Å². The van der Waals surface area contributed by atoms with Gasteiger partial charge in [0.2, 0.25) is 10.0 Å². The van der Waals surface area contributed by atoms with Crippen molar-refractivity contribution in [2.75, 3.05) is 25.5 Å². The predicted octanol–water partition coefficient (Wildman–Crippen LogP) is 1.89. The number of sulfonamides is 1. The van der Waals surface area contributed by atoms with E-state index in [0.29, 0.717) is 12.1 Å². The third kappa shape index (κ3) is 4.28. The molecule has 1 aliphatic rings. The monoisotopic (exact) mass is 390 g/mol. The van der Waals surface area contributed by atoms with Crippen LogP contribution >= 0.6 is 0 Å². The second-order valence-electron chi connectivity index (χ2n) is 6.76. The second kappa shape index (κ2) is 8.33. The second-order valence-corrected chi connectivity index (χ2v) is 8.78. The number of fused-ring (bicyclic) bond motifs is 1. The summed E-state index contributed by atoms with van der Waals surface area (Å²) < 4.78 is 26.8. The van der Waals surface area contributed by atoms with E-state index in [1.165, 1.54) is 11.4 Å². The maximum absolute atomic E-state index is 12.8. The van der Waals surface area contributed by atoms with E-state index in [-0.39, 0.29) is 18.0 Å². The van der Waals surface area contributed by atoms with Crippen molar-refractivity contribution in [1.29, 1.82) is 0 Å². The number of nitrogens with zero attached hydrogens (tertiary/aromatic N) is 3. The molecule has 7 nitrogen and oxygen atoms in total. The molecule has 2 N–H and O–H groups in total. The van der Waals surface area contributed by atoms with Crippen LogP contribution in [-0.4, -0.2) is 48.0 Å². The van der Waals surface area contributed by atoms with Crippen LogP contribution < -0.4 is 5.32 Å². The van der Waals surface area contributed by atoms with Gasteiger partial charge < -0.3 is 10.4 Å². The summed E-state index contributed by atoms with van der Waals surface area (Å²) in [6, 6.07) is 6.93. The van der Waals surface area contributed by atoms with Crippen molar-refractivity contribution in [2.24, 2.45) is 0 Å².